The third-order valence-corrected chi connectivity index (χ3v) is 1.87. The van der Waals surface area contributed by atoms with Crippen LogP contribution in [0.25, 0.3) is 0 Å². The molecule has 14 heavy (non-hydrogen) atoms. The van der Waals surface area contributed by atoms with Gasteiger partial charge in [-0.2, -0.15) is 0 Å². The highest BCUT2D eigenvalue weighted by Crippen LogP contribution is 2.17. The van der Waals surface area contributed by atoms with E-state index in [1.165, 1.54) is 0 Å². The van der Waals surface area contributed by atoms with Gasteiger partial charge in [-0.3, -0.25) is 0 Å². The van der Waals surface area contributed by atoms with Crippen LogP contribution in [0.5, 0.6) is 0 Å². The summed E-state index contributed by atoms with van der Waals surface area (Å²) in [7, 11) is -1.88. The number of carbonyl (C=O) groups is 1. The second kappa shape index (κ2) is 3.95. The van der Waals surface area contributed by atoms with Crippen LogP contribution >= 0.6 is 11.6 Å². The summed E-state index contributed by atoms with van der Waals surface area (Å²) in [4.78, 5) is 10.5. The molecule has 1 rings (SSSR count). The van der Waals surface area contributed by atoms with Crippen molar-refractivity contribution in [3.8, 4) is 0 Å². The quantitative estimate of drug-likeness (QED) is 0.604. The van der Waals surface area contributed by atoms with E-state index in [1.54, 1.807) is 0 Å². The smallest absolute Gasteiger partial charge is 0.478 e. The Labute approximate surface area is 83.7 Å². The molecule has 0 aliphatic heterocycles. The third kappa shape index (κ3) is 2.04. The fourth-order valence-electron chi connectivity index (χ4n) is 0.946. The second-order valence-corrected chi connectivity index (χ2v) is 2.95. The average Bonchev–Trinajstić information content (AvgIpc) is 2.01. The lowest BCUT2D eigenvalue weighted by Crippen LogP contribution is -2.30. The van der Waals surface area contributed by atoms with Crippen molar-refractivity contribution in [3.05, 3.63) is 28.5 Å². The van der Waals surface area contributed by atoms with Crippen LogP contribution in [-0.2, 0) is 0 Å². The van der Waals surface area contributed by atoms with E-state index in [-0.39, 0.29) is 10.5 Å². The number of carboxylic acid groups (broad SMARTS) is 1. The minimum atomic E-state index is -1.88. The van der Waals surface area contributed by atoms with E-state index >= 15 is 0 Å². The molecule has 0 saturated heterocycles. The van der Waals surface area contributed by atoms with E-state index in [4.69, 9.17) is 26.8 Å². The summed E-state index contributed by atoms with van der Waals surface area (Å²) in [5, 5.41) is 25.5. The summed E-state index contributed by atoms with van der Waals surface area (Å²) in [5.74, 6) is -2.61. The Kier molecular flexibility index (Phi) is 3.10. The van der Waals surface area contributed by atoms with E-state index in [0.717, 1.165) is 6.07 Å². The summed E-state index contributed by atoms with van der Waals surface area (Å²) in [6.07, 6.45) is 0. The van der Waals surface area contributed by atoms with Gasteiger partial charge in [-0.25, -0.2) is 9.18 Å². The van der Waals surface area contributed by atoms with E-state index in [9.17, 15) is 9.18 Å². The molecule has 0 atom stereocenters. The lowest BCUT2D eigenvalue weighted by Gasteiger charge is -2.04. The molecule has 0 bridgehead atoms. The number of aromatic carboxylic acids is 1. The van der Waals surface area contributed by atoms with Crippen LogP contribution < -0.4 is 5.46 Å². The van der Waals surface area contributed by atoms with Crippen molar-refractivity contribution in [1.29, 1.82) is 0 Å². The summed E-state index contributed by atoms with van der Waals surface area (Å²) in [5.41, 5.74) is -0.881. The number of carboxylic acids is 1. The fourth-order valence-corrected chi connectivity index (χ4v) is 1.24. The van der Waals surface area contributed by atoms with Crippen LogP contribution in [0.15, 0.2) is 12.1 Å². The molecule has 0 aliphatic carbocycles. The highest BCUT2D eigenvalue weighted by molar-refractivity contribution is 6.59. The predicted octanol–water partition coefficient (Wildman–Crippen LogP) is -0.143. The molecular formula is C7H5BClFO4. The number of hydrogen-bond donors (Lipinski definition) is 3. The Hall–Kier alpha value is -1.11. The summed E-state index contributed by atoms with van der Waals surface area (Å²) in [6, 6.07) is 1.69. The molecule has 74 valence electrons. The van der Waals surface area contributed by atoms with Gasteiger partial charge in [0.25, 0.3) is 0 Å². The van der Waals surface area contributed by atoms with Gasteiger partial charge in [-0.05, 0) is 17.6 Å². The minimum Gasteiger partial charge on any atom is -0.478 e. The molecule has 4 nitrogen and oxygen atoms in total. The first-order valence-corrected chi connectivity index (χ1v) is 3.89. The molecule has 0 amide bonds. The molecule has 0 aliphatic rings. The summed E-state index contributed by atoms with van der Waals surface area (Å²) >= 11 is 5.43. The topological polar surface area (TPSA) is 77.8 Å². The first-order chi connectivity index (χ1) is 6.43. The molecule has 0 unspecified atom stereocenters. The molecule has 0 fully saturated rings. The first-order valence-electron chi connectivity index (χ1n) is 3.52. The third-order valence-electron chi connectivity index (χ3n) is 1.58. The zero-order valence-electron chi connectivity index (χ0n) is 6.74. The molecule has 7 heteroatoms. The van der Waals surface area contributed by atoms with Crippen molar-refractivity contribution >= 4 is 30.2 Å². The largest absolute Gasteiger partial charge is 0.488 e. The van der Waals surface area contributed by atoms with E-state index < -0.39 is 24.5 Å². The maximum atomic E-state index is 13.0. The number of rotatable bonds is 2. The highest BCUT2D eigenvalue weighted by atomic mass is 35.5. The Morgan fingerprint density at radius 2 is 2.00 bits per heavy atom. The van der Waals surface area contributed by atoms with Crippen molar-refractivity contribution in [3.63, 3.8) is 0 Å². The van der Waals surface area contributed by atoms with Gasteiger partial charge in [0.05, 0.1) is 5.02 Å². The molecule has 0 aromatic heterocycles. The zero-order valence-corrected chi connectivity index (χ0v) is 7.49. The average molecular weight is 218 g/mol. The maximum Gasteiger partial charge on any atom is 0.488 e. The number of benzene rings is 1. The van der Waals surface area contributed by atoms with Gasteiger partial charge in [0.15, 0.2) is 0 Å². The van der Waals surface area contributed by atoms with Crippen molar-refractivity contribution in [2.75, 3.05) is 0 Å². The van der Waals surface area contributed by atoms with Gasteiger partial charge in [-0.1, -0.05) is 11.6 Å². The Balaban J connectivity index is 3.32. The number of halogens is 2. The van der Waals surface area contributed by atoms with E-state index in [0.29, 0.717) is 6.07 Å². The van der Waals surface area contributed by atoms with Crippen molar-refractivity contribution < 1.29 is 24.3 Å². The molecule has 0 heterocycles. The van der Waals surface area contributed by atoms with Gasteiger partial charge >= 0.3 is 13.1 Å². The standard InChI is InChI=1S/C7H5BClFO4/c9-4-1-3(8(13)14)2-5(10)6(4)7(11)12/h1-2,13-14H,(H,11,12). The Morgan fingerprint density at radius 1 is 1.43 bits per heavy atom. The molecule has 0 radical (unpaired) electrons. The van der Waals surface area contributed by atoms with Gasteiger partial charge in [-0.15, -0.1) is 0 Å². The first kappa shape index (κ1) is 11.0. The van der Waals surface area contributed by atoms with E-state index in [2.05, 4.69) is 0 Å². The summed E-state index contributed by atoms with van der Waals surface area (Å²) < 4.78 is 13.0. The monoisotopic (exact) mass is 218 g/mol. The van der Waals surface area contributed by atoms with Gasteiger partial charge in [0.2, 0.25) is 0 Å². The van der Waals surface area contributed by atoms with Crippen LogP contribution in [-0.4, -0.2) is 28.2 Å². The maximum absolute atomic E-state index is 13.0. The Bertz CT molecular complexity index is 359. The van der Waals surface area contributed by atoms with Gasteiger partial charge < -0.3 is 15.2 Å². The van der Waals surface area contributed by atoms with Crippen LogP contribution in [0.1, 0.15) is 10.4 Å². The lowest BCUT2D eigenvalue weighted by molar-refractivity contribution is 0.0692. The van der Waals surface area contributed by atoms with Crippen LogP contribution in [0.2, 0.25) is 5.02 Å². The van der Waals surface area contributed by atoms with Crippen molar-refractivity contribution in [2.45, 2.75) is 0 Å². The molecule has 0 spiro atoms. The molecule has 1 aromatic rings. The minimum absolute atomic E-state index is 0.197. The van der Waals surface area contributed by atoms with Crippen LogP contribution in [0.3, 0.4) is 0 Å². The molecule has 0 saturated carbocycles. The van der Waals surface area contributed by atoms with E-state index in [1.807, 2.05) is 0 Å². The molecular weight excluding hydrogens is 213 g/mol. The van der Waals surface area contributed by atoms with Crippen LogP contribution in [0.4, 0.5) is 4.39 Å². The second-order valence-electron chi connectivity index (χ2n) is 2.54. The van der Waals surface area contributed by atoms with Crippen LogP contribution in [0, 0.1) is 5.82 Å². The lowest BCUT2D eigenvalue weighted by atomic mass is 9.80. The SMILES string of the molecule is O=C(O)c1c(F)cc(B(O)O)cc1Cl. The zero-order chi connectivity index (χ0) is 10.9. The molecule has 3 N–H and O–H groups in total. The van der Waals surface area contributed by atoms with Crippen molar-refractivity contribution in [2.24, 2.45) is 0 Å². The normalized spacial score (nSPS) is 10.0. The van der Waals surface area contributed by atoms with Gasteiger partial charge in [0, 0.05) is 0 Å². The predicted molar refractivity (Wildman–Crippen MR) is 48.2 cm³/mol. The fraction of sp³-hybridized carbons (Fsp3) is 0. The van der Waals surface area contributed by atoms with Crippen molar-refractivity contribution in [1.82, 2.24) is 0 Å². The highest BCUT2D eigenvalue weighted by Gasteiger charge is 2.20. The summed E-state index contributed by atoms with van der Waals surface area (Å²) in [6.45, 7) is 0. The number of hydrogen-bond acceptors (Lipinski definition) is 3. The van der Waals surface area contributed by atoms with Gasteiger partial charge in [0.1, 0.15) is 11.4 Å². The molecule has 1 aromatic carbocycles. The Morgan fingerprint density at radius 3 is 2.36 bits per heavy atom.